The Kier molecular flexibility index (Phi) is 6.74. The summed E-state index contributed by atoms with van der Waals surface area (Å²) >= 11 is 6.21. The first-order valence-corrected chi connectivity index (χ1v) is 8.53. The zero-order valence-corrected chi connectivity index (χ0v) is 16.5. The van der Waals surface area contributed by atoms with Gasteiger partial charge in [-0.2, -0.15) is 0 Å². The van der Waals surface area contributed by atoms with Gasteiger partial charge in [0.15, 0.2) is 11.5 Å². The Morgan fingerprint density at radius 2 is 1.85 bits per heavy atom. The number of furan rings is 1. The highest BCUT2D eigenvalue weighted by Crippen LogP contribution is 2.37. The number of carbonyl (C=O) groups excluding carboxylic acids is 2. The molecule has 0 aliphatic heterocycles. The Hall–Kier alpha value is -2.67. The summed E-state index contributed by atoms with van der Waals surface area (Å²) in [4.78, 5) is 23.9. The summed E-state index contributed by atoms with van der Waals surface area (Å²) in [6.45, 7) is 5.17. The fourth-order valence-corrected chi connectivity index (χ4v) is 2.59. The minimum atomic E-state index is -0.625. The van der Waals surface area contributed by atoms with Crippen molar-refractivity contribution < 1.29 is 33.0 Å². The molecule has 27 heavy (non-hydrogen) atoms. The predicted octanol–water partition coefficient (Wildman–Crippen LogP) is 4.18. The van der Waals surface area contributed by atoms with Gasteiger partial charge in [0.1, 0.15) is 23.7 Å². The summed E-state index contributed by atoms with van der Waals surface area (Å²) < 4.78 is 26.2. The van der Waals surface area contributed by atoms with E-state index in [0.717, 1.165) is 0 Å². The van der Waals surface area contributed by atoms with Gasteiger partial charge in [0.2, 0.25) is 0 Å². The number of halogens is 1. The maximum atomic E-state index is 12.3. The van der Waals surface area contributed by atoms with Crippen LogP contribution in [0.2, 0.25) is 5.02 Å². The third kappa shape index (κ3) is 4.95. The van der Waals surface area contributed by atoms with Crippen LogP contribution in [-0.2, 0) is 16.1 Å². The number of esters is 2. The number of rotatable bonds is 7. The molecule has 0 saturated carbocycles. The fraction of sp³-hybridized carbons (Fsp3) is 0.368. The number of aryl methyl sites for hydroxylation is 1. The van der Waals surface area contributed by atoms with Crippen LogP contribution < -0.4 is 9.47 Å². The molecule has 0 saturated heterocycles. The molecule has 0 amide bonds. The second-order valence-corrected chi connectivity index (χ2v) is 6.31. The molecule has 0 radical (unpaired) electrons. The molecule has 0 aliphatic rings. The summed E-state index contributed by atoms with van der Waals surface area (Å²) in [5, 5.41) is 0.233. The minimum absolute atomic E-state index is 0.111. The van der Waals surface area contributed by atoms with Gasteiger partial charge in [-0.05, 0) is 39.0 Å². The molecule has 0 aliphatic carbocycles. The molecule has 0 N–H and O–H groups in total. The van der Waals surface area contributed by atoms with E-state index in [1.54, 1.807) is 6.92 Å². The maximum Gasteiger partial charge on any atom is 0.341 e. The molecule has 1 aromatic carbocycles. The number of hydrogen-bond acceptors (Lipinski definition) is 7. The summed E-state index contributed by atoms with van der Waals surface area (Å²) in [7, 11) is 2.73. The van der Waals surface area contributed by atoms with E-state index in [-0.39, 0.29) is 28.9 Å². The van der Waals surface area contributed by atoms with Crippen molar-refractivity contribution in [1.29, 1.82) is 0 Å². The number of hydrogen-bond donors (Lipinski definition) is 0. The van der Waals surface area contributed by atoms with Crippen LogP contribution in [0.4, 0.5) is 0 Å². The highest BCUT2D eigenvalue weighted by molar-refractivity contribution is 6.32. The lowest BCUT2D eigenvalue weighted by Crippen LogP contribution is -2.09. The van der Waals surface area contributed by atoms with Crippen LogP contribution in [0.25, 0.3) is 0 Å². The normalized spacial score (nSPS) is 10.6. The second kappa shape index (κ2) is 8.81. The SMILES string of the molecule is COC(=O)c1cc(COC(=O)c2cc(Cl)c(OC(C)C)c(OC)c2)oc1C. The molecule has 1 aromatic heterocycles. The number of methoxy groups -OCH3 is 2. The zero-order valence-electron chi connectivity index (χ0n) is 15.8. The Morgan fingerprint density at radius 1 is 1.15 bits per heavy atom. The van der Waals surface area contributed by atoms with Crippen LogP contribution in [0.15, 0.2) is 22.6 Å². The Morgan fingerprint density at radius 3 is 2.44 bits per heavy atom. The molecule has 0 atom stereocenters. The van der Waals surface area contributed by atoms with E-state index in [0.29, 0.717) is 23.0 Å². The first-order chi connectivity index (χ1) is 12.8. The van der Waals surface area contributed by atoms with Crippen molar-refractivity contribution in [2.75, 3.05) is 14.2 Å². The number of benzene rings is 1. The van der Waals surface area contributed by atoms with Crippen LogP contribution in [0.3, 0.4) is 0 Å². The molecule has 2 rings (SSSR count). The van der Waals surface area contributed by atoms with E-state index in [9.17, 15) is 9.59 Å². The monoisotopic (exact) mass is 396 g/mol. The highest BCUT2D eigenvalue weighted by atomic mass is 35.5. The van der Waals surface area contributed by atoms with Crippen molar-refractivity contribution in [2.45, 2.75) is 33.5 Å². The Balaban J connectivity index is 2.14. The molecule has 8 heteroatoms. The van der Waals surface area contributed by atoms with E-state index >= 15 is 0 Å². The van der Waals surface area contributed by atoms with E-state index in [2.05, 4.69) is 4.74 Å². The fourth-order valence-electron chi connectivity index (χ4n) is 2.34. The van der Waals surface area contributed by atoms with E-state index in [4.69, 9.17) is 30.2 Å². The molecule has 0 fully saturated rings. The lowest BCUT2D eigenvalue weighted by Gasteiger charge is -2.16. The van der Waals surface area contributed by atoms with Crippen molar-refractivity contribution in [2.24, 2.45) is 0 Å². The van der Waals surface area contributed by atoms with Gasteiger partial charge in [0.05, 0.1) is 30.9 Å². The molecule has 0 bridgehead atoms. The highest BCUT2D eigenvalue weighted by Gasteiger charge is 2.19. The van der Waals surface area contributed by atoms with Gasteiger partial charge >= 0.3 is 11.9 Å². The van der Waals surface area contributed by atoms with Gasteiger partial charge in [-0.1, -0.05) is 11.6 Å². The molecule has 7 nitrogen and oxygen atoms in total. The van der Waals surface area contributed by atoms with Crippen LogP contribution in [0.5, 0.6) is 11.5 Å². The summed E-state index contributed by atoms with van der Waals surface area (Å²) in [6, 6.07) is 4.40. The molecule has 0 spiro atoms. The lowest BCUT2D eigenvalue weighted by atomic mass is 10.2. The summed E-state index contributed by atoms with van der Waals surface area (Å²) in [5.41, 5.74) is 0.480. The zero-order chi connectivity index (χ0) is 20.1. The molecule has 146 valence electrons. The molecular weight excluding hydrogens is 376 g/mol. The first-order valence-electron chi connectivity index (χ1n) is 8.15. The smallest absolute Gasteiger partial charge is 0.341 e. The third-order valence-corrected chi connectivity index (χ3v) is 3.82. The van der Waals surface area contributed by atoms with Crippen molar-refractivity contribution >= 4 is 23.5 Å². The average Bonchev–Trinajstić information content (AvgIpc) is 3.00. The van der Waals surface area contributed by atoms with Crippen molar-refractivity contribution in [3.05, 3.63) is 45.9 Å². The Bertz CT molecular complexity index is 839. The van der Waals surface area contributed by atoms with Crippen molar-refractivity contribution in [1.82, 2.24) is 0 Å². The van der Waals surface area contributed by atoms with Gasteiger partial charge < -0.3 is 23.4 Å². The largest absolute Gasteiger partial charge is 0.493 e. The molecular formula is C19H21ClO7. The standard InChI is InChI=1S/C19H21ClO7/c1-10(2)26-17-15(20)6-12(7-16(17)23-4)18(21)25-9-13-8-14(11(3)27-13)19(22)24-5/h6-8,10H,9H2,1-5H3. The molecule has 0 unspecified atom stereocenters. The van der Waals surface area contributed by atoms with Gasteiger partial charge in [-0.15, -0.1) is 0 Å². The van der Waals surface area contributed by atoms with Crippen molar-refractivity contribution in [3.8, 4) is 11.5 Å². The summed E-state index contributed by atoms with van der Waals surface area (Å²) in [5.74, 6) is 0.234. The topological polar surface area (TPSA) is 84.2 Å². The van der Waals surface area contributed by atoms with Crippen LogP contribution >= 0.6 is 11.6 Å². The Labute approximate surface area is 162 Å². The van der Waals surface area contributed by atoms with E-state index in [1.165, 1.54) is 32.4 Å². The second-order valence-electron chi connectivity index (χ2n) is 5.91. The number of carbonyl (C=O) groups is 2. The van der Waals surface area contributed by atoms with Gasteiger partial charge in [-0.3, -0.25) is 0 Å². The van der Waals surface area contributed by atoms with Crippen LogP contribution in [0.1, 0.15) is 46.1 Å². The number of ether oxygens (including phenoxy) is 4. The van der Waals surface area contributed by atoms with Gasteiger partial charge in [-0.25, -0.2) is 9.59 Å². The van der Waals surface area contributed by atoms with Crippen LogP contribution in [0, 0.1) is 6.92 Å². The van der Waals surface area contributed by atoms with E-state index in [1.807, 2.05) is 13.8 Å². The predicted molar refractivity (Wildman–Crippen MR) is 97.7 cm³/mol. The third-order valence-electron chi connectivity index (χ3n) is 3.54. The van der Waals surface area contributed by atoms with Crippen molar-refractivity contribution in [3.63, 3.8) is 0 Å². The molecule has 1 heterocycles. The minimum Gasteiger partial charge on any atom is -0.493 e. The quantitative estimate of drug-likeness (QED) is 0.649. The van der Waals surface area contributed by atoms with Gasteiger partial charge in [0.25, 0.3) is 0 Å². The van der Waals surface area contributed by atoms with E-state index < -0.39 is 11.9 Å². The lowest BCUT2D eigenvalue weighted by molar-refractivity contribution is 0.0443. The van der Waals surface area contributed by atoms with Crippen LogP contribution in [-0.4, -0.2) is 32.3 Å². The first kappa shape index (κ1) is 20.6. The average molecular weight is 397 g/mol. The molecule has 2 aromatic rings. The maximum absolute atomic E-state index is 12.3. The van der Waals surface area contributed by atoms with Gasteiger partial charge in [0, 0.05) is 0 Å². The summed E-state index contributed by atoms with van der Waals surface area (Å²) in [6.07, 6.45) is -0.111.